The molecule has 0 unspecified atom stereocenters. The van der Waals surface area contributed by atoms with Crippen LogP contribution in [-0.2, 0) is 55.9 Å². The zero-order valence-electron chi connectivity index (χ0n) is 45.6. The number of hydrogen-bond donors (Lipinski definition) is 3. The summed E-state index contributed by atoms with van der Waals surface area (Å²) in [4.78, 5) is 62.4. The van der Waals surface area contributed by atoms with E-state index >= 15 is 0 Å². The first-order valence-corrected chi connectivity index (χ1v) is 24.9. The van der Waals surface area contributed by atoms with Gasteiger partial charge in [-0.1, -0.05) is 6.92 Å². The molecule has 0 aliphatic rings. The Kier molecular flexibility index (Phi) is 13.9. The van der Waals surface area contributed by atoms with Crippen molar-refractivity contribution >= 4 is 50.4 Å². The van der Waals surface area contributed by atoms with Gasteiger partial charge in [-0.3, -0.25) is 37.8 Å². The Morgan fingerprint density at radius 3 is 1.27 bits per heavy atom. The molecule has 414 valence electrons. The lowest BCUT2D eigenvalue weighted by atomic mass is 10.1. The Hall–Kier alpha value is -10.6. The van der Waals surface area contributed by atoms with Gasteiger partial charge < -0.3 is 30.9 Å². The third-order valence-electron chi connectivity index (χ3n) is 13.5. The Morgan fingerprint density at radius 2 is 0.901 bits per heavy atom. The quantitative estimate of drug-likeness (QED) is 0.146. The Balaban J connectivity index is 0.000000136. The molecule has 6 N–H and O–H groups in total. The highest BCUT2D eigenvalue weighted by atomic mass is 19.3. The lowest BCUT2D eigenvalue weighted by Crippen LogP contribution is -2.14. The number of aromatic nitrogens is 21. The van der Waals surface area contributed by atoms with E-state index in [4.69, 9.17) is 27.2 Å². The van der Waals surface area contributed by atoms with Crippen LogP contribution in [0.25, 0.3) is 101 Å². The van der Waals surface area contributed by atoms with Gasteiger partial charge in [0.2, 0.25) is 0 Å². The van der Waals surface area contributed by atoms with Crippen LogP contribution in [0.15, 0.2) is 80.2 Å². The van der Waals surface area contributed by atoms with E-state index in [0.717, 1.165) is 68.7 Å². The smallest absolute Gasteiger partial charge is 0.333 e. The van der Waals surface area contributed by atoms with E-state index in [-0.39, 0.29) is 17.1 Å². The Bertz CT molecular complexity index is 4420. The fourth-order valence-electron chi connectivity index (χ4n) is 9.35. The molecule has 12 heterocycles. The predicted octanol–water partition coefficient (Wildman–Crippen LogP) is 4.95. The number of primary amides is 3. The van der Waals surface area contributed by atoms with Crippen molar-refractivity contribution in [2.75, 3.05) is 0 Å². The SMILES string of the molecule is CCCn1cc(-c2cn(C)c(-c3nc(C(N)=O)cc4c3cnn4C)n2)cn1.Cc1nn(C)c(C)c1-c1cn(C)c(-c2nc(C(N)=O)cc3c2cnn3C)n1.Cn1cc(-c2cnn(C(F)F)c2)nc1-c1nc(C(N)=O)cc2c1cnn2C. The van der Waals surface area contributed by atoms with Gasteiger partial charge in [-0.25, -0.2) is 34.6 Å². The number of imidazole rings is 3. The van der Waals surface area contributed by atoms with Crippen LogP contribution < -0.4 is 17.2 Å². The number of aryl methyl sites for hydroxylation is 9. The van der Waals surface area contributed by atoms with Gasteiger partial charge in [-0.2, -0.15) is 39.4 Å². The van der Waals surface area contributed by atoms with Gasteiger partial charge in [0, 0.05) is 125 Å². The summed E-state index contributed by atoms with van der Waals surface area (Å²) in [6.07, 6.45) is 17.9. The second-order valence-electron chi connectivity index (χ2n) is 19.1. The minimum absolute atomic E-state index is 0.0798. The fourth-order valence-corrected chi connectivity index (χ4v) is 9.35. The van der Waals surface area contributed by atoms with Gasteiger partial charge in [0.25, 0.3) is 17.7 Å². The maximum absolute atomic E-state index is 12.8. The fraction of sp³-hybridized carbons (Fsp3) is 0.250. The van der Waals surface area contributed by atoms with Crippen LogP contribution >= 0.6 is 0 Å². The standard InChI is InChI=1S/2C18H20N8O.C16H14F2N8O/c1-9-15(10(2)25(4)23-9)13-8-24(3)18(22-13)16-11-7-20-26(5)14(11)6-12(21-16)17(19)27;1-4-5-26-9-11(7-21-26)14-10-24(2)18(23-14)16-12-8-20-25(3)15(12)6-13(22-16)17(19)27;1-24-7-11(8-4-21-26(6-8)16(17)18)23-15(24)13-9-5-20-25(2)12(9)3-10(22-13)14(19)27/h6-8H,1-5H3,(H2,19,27);6-10H,4-5H2,1-3H3,(H2,19,27);3-7,16H,1-2H3,(H2,19,27). The number of hydrogen-bond acceptors (Lipinski definition) is 15. The van der Waals surface area contributed by atoms with Crippen LogP contribution in [0.2, 0.25) is 0 Å². The number of carbonyl (C=O) groups excluding carboxylic acids is 3. The van der Waals surface area contributed by atoms with Gasteiger partial charge >= 0.3 is 6.55 Å². The third kappa shape index (κ3) is 10.0. The number of amides is 3. The maximum Gasteiger partial charge on any atom is 0.333 e. The molecule has 81 heavy (non-hydrogen) atoms. The molecule has 0 radical (unpaired) electrons. The summed E-state index contributed by atoms with van der Waals surface area (Å²) >= 11 is 0. The minimum atomic E-state index is -2.73. The average molecular weight is 1100 g/mol. The highest BCUT2D eigenvalue weighted by Crippen LogP contribution is 2.34. The number of rotatable bonds is 12. The molecule has 0 spiro atoms. The summed E-state index contributed by atoms with van der Waals surface area (Å²) < 4.78 is 40.2. The molecule has 12 rings (SSSR count). The predicted molar refractivity (Wildman–Crippen MR) is 293 cm³/mol. The highest BCUT2D eigenvalue weighted by Gasteiger charge is 2.24. The molecule has 0 aliphatic carbocycles. The van der Waals surface area contributed by atoms with Crippen LogP contribution in [0.5, 0.6) is 0 Å². The second kappa shape index (κ2) is 21.0. The molecule has 12 aromatic rings. The van der Waals surface area contributed by atoms with E-state index in [1.807, 2.05) is 86.2 Å². The number of nitrogens with two attached hydrogens (primary N) is 3. The van der Waals surface area contributed by atoms with E-state index in [9.17, 15) is 23.2 Å². The van der Waals surface area contributed by atoms with Crippen molar-refractivity contribution in [3.05, 3.63) is 109 Å². The largest absolute Gasteiger partial charge is 0.364 e. The molecule has 27 nitrogen and oxygen atoms in total. The van der Waals surface area contributed by atoms with Crippen LogP contribution in [0.4, 0.5) is 8.78 Å². The van der Waals surface area contributed by atoms with E-state index in [1.54, 1.807) is 81.9 Å². The summed E-state index contributed by atoms with van der Waals surface area (Å²) in [6, 6.07) is 4.85. The number of alkyl halides is 2. The average Bonchev–Trinajstić information content (AvgIpc) is 4.46. The van der Waals surface area contributed by atoms with Gasteiger partial charge in [-0.05, 0) is 38.5 Å². The molecule has 3 amide bonds. The molecule has 0 atom stereocenters. The third-order valence-corrected chi connectivity index (χ3v) is 13.5. The molecule has 0 aromatic carbocycles. The summed E-state index contributed by atoms with van der Waals surface area (Å²) in [7, 11) is 12.8. The van der Waals surface area contributed by atoms with E-state index in [0.29, 0.717) is 61.4 Å². The Morgan fingerprint density at radius 1 is 0.506 bits per heavy atom. The summed E-state index contributed by atoms with van der Waals surface area (Å²) in [5, 5.41) is 27.5. The van der Waals surface area contributed by atoms with E-state index in [1.165, 1.54) is 12.4 Å². The van der Waals surface area contributed by atoms with Crippen molar-refractivity contribution in [2.24, 2.45) is 66.5 Å². The zero-order chi connectivity index (χ0) is 57.9. The van der Waals surface area contributed by atoms with Crippen LogP contribution in [-0.4, -0.2) is 120 Å². The lowest BCUT2D eigenvalue weighted by molar-refractivity contribution is 0.0566. The van der Waals surface area contributed by atoms with E-state index < -0.39 is 24.3 Å². The van der Waals surface area contributed by atoms with Crippen molar-refractivity contribution in [3.8, 4) is 68.3 Å². The van der Waals surface area contributed by atoms with Crippen molar-refractivity contribution < 1.29 is 23.2 Å². The van der Waals surface area contributed by atoms with E-state index in [2.05, 4.69) is 57.5 Å². The maximum atomic E-state index is 12.8. The topological polar surface area (TPSA) is 328 Å². The lowest BCUT2D eigenvalue weighted by Gasteiger charge is -2.05. The Labute approximate surface area is 458 Å². The number of halogens is 2. The monoisotopic (exact) mass is 1100 g/mol. The number of pyridine rings is 3. The summed E-state index contributed by atoms with van der Waals surface area (Å²) in [5.41, 5.74) is 26.9. The first-order valence-electron chi connectivity index (χ1n) is 24.9. The number of fused-ring (bicyclic) bond motifs is 3. The number of carbonyl (C=O) groups is 3. The normalized spacial score (nSPS) is 11.5. The number of nitrogens with zero attached hydrogens (tertiary/aromatic N) is 21. The molecule has 0 saturated carbocycles. The molecule has 12 aromatic heterocycles. The highest BCUT2D eigenvalue weighted by molar-refractivity contribution is 6.01. The second-order valence-corrected chi connectivity index (χ2v) is 19.1. The van der Waals surface area contributed by atoms with Crippen LogP contribution in [0.1, 0.15) is 62.7 Å². The van der Waals surface area contributed by atoms with Crippen LogP contribution in [0, 0.1) is 13.8 Å². The molecule has 0 aliphatic heterocycles. The molecule has 0 saturated heterocycles. The molecule has 0 bridgehead atoms. The van der Waals surface area contributed by atoms with Crippen molar-refractivity contribution in [1.29, 1.82) is 0 Å². The first-order chi connectivity index (χ1) is 38.6. The van der Waals surface area contributed by atoms with Gasteiger partial charge in [0.15, 0.2) is 17.5 Å². The minimum Gasteiger partial charge on any atom is -0.364 e. The zero-order valence-corrected chi connectivity index (χ0v) is 45.6. The first kappa shape index (κ1) is 53.8. The summed E-state index contributed by atoms with van der Waals surface area (Å²) in [5.74, 6) is -0.145. The van der Waals surface area contributed by atoms with Crippen LogP contribution in [0.3, 0.4) is 0 Å². The van der Waals surface area contributed by atoms with Gasteiger partial charge in [-0.15, -0.1) is 0 Å². The molecular weight excluding hydrogens is 1050 g/mol. The molecular formula is C52H54F2N24O3. The van der Waals surface area contributed by atoms with Gasteiger partial charge in [0.05, 0.1) is 70.3 Å². The van der Waals surface area contributed by atoms with Gasteiger partial charge in [0.1, 0.15) is 34.2 Å². The van der Waals surface area contributed by atoms with Crippen molar-refractivity contribution in [2.45, 2.75) is 40.3 Å². The molecule has 29 heteroatoms. The molecule has 0 fully saturated rings. The van der Waals surface area contributed by atoms with Crippen molar-refractivity contribution in [3.63, 3.8) is 0 Å². The summed E-state index contributed by atoms with van der Waals surface area (Å²) in [6.45, 7) is 4.21. The van der Waals surface area contributed by atoms with Crippen molar-refractivity contribution in [1.82, 2.24) is 102 Å².